The van der Waals surface area contributed by atoms with Crippen LogP contribution in [0, 0.1) is 11.6 Å². The zero-order valence-corrected chi connectivity index (χ0v) is 10.8. The number of rotatable bonds is 2. The van der Waals surface area contributed by atoms with Crippen LogP contribution in [0.5, 0.6) is 0 Å². The van der Waals surface area contributed by atoms with Crippen molar-refractivity contribution >= 4 is 21.6 Å². The summed E-state index contributed by atoms with van der Waals surface area (Å²) >= 11 is 3.24. The molecule has 1 unspecified atom stereocenters. The van der Waals surface area contributed by atoms with Crippen molar-refractivity contribution in [2.24, 2.45) is 0 Å². The van der Waals surface area contributed by atoms with E-state index in [9.17, 15) is 13.9 Å². The first-order valence-corrected chi connectivity index (χ1v) is 5.96. The van der Waals surface area contributed by atoms with Gasteiger partial charge in [-0.2, -0.15) is 0 Å². The molecule has 3 N–H and O–H groups in total. The van der Waals surface area contributed by atoms with Crippen LogP contribution in [-0.2, 0) is 0 Å². The van der Waals surface area contributed by atoms with Crippen LogP contribution in [0.25, 0.3) is 0 Å². The number of nitrogen functional groups attached to an aromatic ring is 1. The number of anilines is 1. The molecule has 2 aromatic carbocycles. The van der Waals surface area contributed by atoms with E-state index in [1.54, 1.807) is 18.2 Å². The molecular weight excluding hydrogens is 304 g/mol. The summed E-state index contributed by atoms with van der Waals surface area (Å²) in [4.78, 5) is 0. The molecule has 5 heteroatoms. The zero-order valence-electron chi connectivity index (χ0n) is 9.20. The van der Waals surface area contributed by atoms with Gasteiger partial charge in [0.05, 0.1) is 0 Å². The fraction of sp³-hybridized carbons (Fsp3) is 0.0769. The fourth-order valence-corrected chi connectivity index (χ4v) is 2.05. The van der Waals surface area contributed by atoms with Crippen molar-refractivity contribution in [3.63, 3.8) is 0 Å². The van der Waals surface area contributed by atoms with Crippen LogP contribution < -0.4 is 5.73 Å². The molecule has 0 aromatic heterocycles. The molecule has 0 fully saturated rings. The Labute approximate surface area is 111 Å². The standard InChI is InChI=1S/C13H10BrF2NO/c14-7-1-4-12(17)10(5-7)13(18)9-6-8(15)2-3-11(9)16/h1-6,13,18H,17H2. The molecule has 0 aliphatic heterocycles. The maximum atomic E-state index is 13.6. The summed E-state index contributed by atoms with van der Waals surface area (Å²) in [5.41, 5.74) is 6.22. The lowest BCUT2D eigenvalue weighted by Crippen LogP contribution is -2.06. The predicted molar refractivity (Wildman–Crippen MR) is 69.0 cm³/mol. The van der Waals surface area contributed by atoms with Crippen molar-refractivity contribution in [1.29, 1.82) is 0 Å². The van der Waals surface area contributed by atoms with Gasteiger partial charge in [-0.05, 0) is 36.4 Å². The highest BCUT2D eigenvalue weighted by Gasteiger charge is 2.18. The third-order valence-corrected chi connectivity index (χ3v) is 3.09. The minimum absolute atomic E-state index is 0.139. The Balaban J connectivity index is 2.50. The molecule has 0 saturated heterocycles. The number of halogens is 3. The molecule has 0 heterocycles. The van der Waals surface area contributed by atoms with Gasteiger partial charge in [0.15, 0.2) is 0 Å². The maximum absolute atomic E-state index is 13.6. The summed E-state index contributed by atoms with van der Waals surface area (Å²) in [7, 11) is 0. The first-order valence-electron chi connectivity index (χ1n) is 5.17. The average molecular weight is 314 g/mol. The molecule has 94 valence electrons. The van der Waals surface area contributed by atoms with E-state index in [2.05, 4.69) is 15.9 Å². The average Bonchev–Trinajstić information content (AvgIpc) is 2.34. The molecule has 2 rings (SSSR count). The minimum atomic E-state index is -1.31. The second kappa shape index (κ2) is 5.04. The van der Waals surface area contributed by atoms with E-state index in [0.717, 1.165) is 18.2 Å². The molecule has 0 amide bonds. The summed E-state index contributed by atoms with van der Waals surface area (Å²) in [6.07, 6.45) is -1.31. The van der Waals surface area contributed by atoms with Crippen LogP contribution in [0.3, 0.4) is 0 Å². The van der Waals surface area contributed by atoms with Gasteiger partial charge in [0.2, 0.25) is 0 Å². The van der Waals surface area contributed by atoms with Crippen molar-refractivity contribution in [3.05, 3.63) is 63.6 Å². The van der Waals surface area contributed by atoms with Gasteiger partial charge < -0.3 is 10.8 Å². The van der Waals surface area contributed by atoms with Crippen LogP contribution in [0.1, 0.15) is 17.2 Å². The second-order valence-electron chi connectivity index (χ2n) is 3.84. The number of aliphatic hydroxyl groups is 1. The topological polar surface area (TPSA) is 46.2 Å². The minimum Gasteiger partial charge on any atom is -0.398 e. The lowest BCUT2D eigenvalue weighted by molar-refractivity contribution is 0.215. The van der Waals surface area contributed by atoms with E-state index in [0.29, 0.717) is 15.7 Å². The summed E-state index contributed by atoms with van der Waals surface area (Å²) in [5, 5.41) is 10.1. The van der Waals surface area contributed by atoms with Gasteiger partial charge in [-0.15, -0.1) is 0 Å². The number of aliphatic hydroxyl groups excluding tert-OH is 1. The van der Waals surface area contributed by atoms with Crippen LogP contribution in [-0.4, -0.2) is 5.11 Å². The maximum Gasteiger partial charge on any atom is 0.129 e. The van der Waals surface area contributed by atoms with Crippen molar-refractivity contribution in [2.45, 2.75) is 6.10 Å². The van der Waals surface area contributed by atoms with E-state index >= 15 is 0 Å². The first-order chi connectivity index (χ1) is 8.49. The van der Waals surface area contributed by atoms with Crippen LogP contribution in [0.4, 0.5) is 14.5 Å². The van der Waals surface area contributed by atoms with E-state index in [1.165, 1.54) is 0 Å². The molecule has 2 aromatic rings. The third-order valence-electron chi connectivity index (χ3n) is 2.60. The molecule has 0 aliphatic carbocycles. The molecule has 2 nitrogen and oxygen atoms in total. The Bertz CT molecular complexity index is 538. The van der Waals surface area contributed by atoms with E-state index in [-0.39, 0.29) is 5.56 Å². The zero-order chi connectivity index (χ0) is 13.3. The fourth-order valence-electron chi connectivity index (χ4n) is 1.67. The van der Waals surface area contributed by atoms with Gasteiger partial charge in [0.25, 0.3) is 0 Å². The van der Waals surface area contributed by atoms with Crippen LogP contribution in [0.15, 0.2) is 40.9 Å². The Morgan fingerprint density at radius 2 is 1.78 bits per heavy atom. The Hall–Kier alpha value is -1.46. The lowest BCUT2D eigenvalue weighted by atomic mass is 9.99. The van der Waals surface area contributed by atoms with E-state index < -0.39 is 17.7 Å². The third kappa shape index (κ3) is 2.52. The monoisotopic (exact) mass is 313 g/mol. The first kappa shape index (κ1) is 13.0. The number of benzene rings is 2. The van der Waals surface area contributed by atoms with Gasteiger partial charge >= 0.3 is 0 Å². The highest BCUT2D eigenvalue weighted by atomic mass is 79.9. The van der Waals surface area contributed by atoms with Crippen molar-refractivity contribution in [2.75, 3.05) is 5.73 Å². The Morgan fingerprint density at radius 3 is 2.50 bits per heavy atom. The predicted octanol–water partition coefficient (Wildman–Crippen LogP) is 3.39. The summed E-state index contributed by atoms with van der Waals surface area (Å²) in [6, 6.07) is 7.79. The van der Waals surface area contributed by atoms with Crippen molar-refractivity contribution in [3.8, 4) is 0 Å². The normalized spacial score (nSPS) is 12.4. The number of hydrogen-bond donors (Lipinski definition) is 2. The van der Waals surface area contributed by atoms with Crippen LogP contribution >= 0.6 is 15.9 Å². The second-order valence-corrected chi connectivity index (χ2v) is 4.76. The number of hydrogen-bond acceptors (Lipinski definition) is 2. The van der Waals surface area contributed by atoms with Gasteiger partial charge in [-0.25, -0.2) is 8.78 Å². The highest BCUT2D eigenvalue weighted by molar-refractivity contribution is 9.10. The van der Waals surface area contributed by atoms with Crippen molar-refractivity contribution in [1.82, 2.24) is 0 Å². The molecule has 0 radical (unpaired) electrons. The largest absolute Gasteiger partial charge is 0.398 e. The Morgan fingerprint density at radius 1 is 1.06 bits per heavy atom. The molecular formula is C13H10BrF2NO. The van der Waals surface area contributed by atoms with E-state index in [1.807, 2.05) is 0 Å². The smallest absolute Gasteiger partial charge is 0.129 e. The summed E-state index contributed by atoms with van der Waals surface area (Å²) in [6.45, 7) is 0. The van der Waals surface area contributed by atoms with Gasteiger partial charge in [-0.3, -0.25) is 0 Å². The Kier molecular flexibility index (Phi) is 3.63. The summed E-state index contributed by atoms with van der Waals surface area (Å²) < 4.78 is 27.3. The molecule has 0 aliphatic rings. The number of nitrogens with two attached hydrogens (primary N) is 1. The van der Waals surface area contributed by atoms with Gasteiger partial charge in [0.1, 0.15) is 17.7 Å². The lowest BCUT2D eigenvalue weighted by Gasteiger charge is -2.15. The molecule has 0 saturated carbocycles. The van der Waals surface area contributed by atoms with Crippen molar-refractivity contribution < 1.29 is 13.9 Å². The van der Waals surface area contributed by atoms with Crippen LogP contribution in [0.2, 0.25) is 0 Å². The molecule has 0 spiro atoms. The van der Waals surface area contributed by atoms with Gasteiger partial charge in [-0.1, -0.05) is 15.9 Å². The molecule has 18 heavy (non-hydrogen) atoms. The van der Waals surface area contributed by atoms with Gasteiger partial charge in [0, 0.05) is 21.3 Å². The summed E-state index contributed by atoms with van der Waals surface area (Å²) in [5.74, 6) is -1.29. The highest BCUT2D eigenvalue weighted by Crippen LogP contribution is 2.30. The molecule has 1 atom stereocenters. The quantitative estimate of drug-likeness (QED) is 0.835. The molecule has 0 bridgehead atoms. The van der Waals surface area contributed by atoms with E-state index in [4.69, 9.17) is 5.73 Å². The SMILES string of the molecule is Nc1ccc(Br)cc1C(O)c1cc(F)ccc1F.